The Morgan fingerprint density at radius 2 is 1.58 bits per heavy atom. The van der Waals surface area contributed by atoms with E-state index < -0.39 is 0 Å². The third kappa shape index (κ3) is 3.13. The third-order valence-corrected chi connectivity index (χ3v) is 8.44. The lowest BCUT2D eigenvalue weighted by molar-refractivity contribution is -0.0116. The standard InChI is InChI=1S/C21H34N4S/c1-2-26-20-23-22-19(25(20)9-8-24-6-4-3-5-7-24)21-13-16-10-17(14-21)12-18(11-16)15-21/h16-18H,2-15H2,1H3. The molecule has 5 heteroatoms. The summed E-state index contributed by atoms with van der Waals surface area (Å²) >= 11 is 1.88. The van der Waals surface area contributed by atoms with E-state index in [0.29, 0.717) is 5.41 Å². The van der Waals surface area contributed by atoms with Gasteiger partial charge in [0.15, 0.2) is 5.16 Å². The molecule has 144 valence electrons. The van der Waals surface area contributed by atoms with Gasteiger partial charge in [-0.05, 0) is 88.0 Å². The molecule has 6 rings (SSSR count). The van der Waals surface area contributed by atoms with Crippen molar-refractivity contribution in [2.45, 2.75) is 81.8 Å². The van der Waals surface area contributed by atoms with Gasteiger partial charge in [0.2, 0.25) is 0 Å². The van der Waals surface area contributed by atoms with Crippen molar-refractivity contribution in [3.05, 3.63) is 5.82 Å². The number of piperidine rings is 1. The van der Waals surface area contributed by atoms with E-state index in [1.165, 1.54) is 88.4 Å². The Labute approximate surface area is 162 Å². The van der Waals surface area contributed by atoms with Crippen LogP contribution in [0.25, 0.3) is 0 Å². The van der Waals surface area contributed by atoms with Gasteiger partial charge >= 0.3 is 0 Å². The van der Waals surface area contributed by atoms with Gasteiger partial charge in [-0.1, -0.05) is 25.1 Å². The fraction of sp³-hybridized carbons (Fsp3) is 0.905. The highest BCUT2D eigenvalue weighted by molar-refractivity contribution is 7.99. The Kier molecular flexibility index (Phi) is 4.80. The number of hydrogen-bond acceptors (Lipinski definition) is 4. The smallest absolute Gasteiger partial charge is 0.191 e. The van der Waals surface area contributed by atoms with Crippen LogP contribution in [0.2, 0.25) is 0 Å². The molecule has 26 heavy (non-hydrogen) atoms. The second-order valence-electron chi connectivity index (χ2n) is 9.49. The van der Waals surface area contributed by atoms with E-state index in [-0.39, 0.29) is 0 Å². The number of nitrogens with zero attached hydrogens (tertiary/aromatic N) is 4. The Morgan fingerprint density at radius 3 is 2.19 bits per heavy atom. The zero-order chi connectivity index (χ0) is 17.6. The Morgan fingerprint density at radius 1 is 0.923 bits per heavy atom. The van der Waals surface area contributed by atoms with E-state index >= 15 is 0 Å². The Bertz CT molecular complexity index is 599. The highest BCUT2D eigenvalue weighted by Gasteiger charge is 2.54. The predicted molar refractivity (Wildman–Crippen MR) is 107 cm³/mol. The molecule has 0 amide bonds. The van der Waals surface area contributed by atoms with Crippen molar-refractivity contribution in [2.24, 2.45) is 17.8 Å². The quantitative estimate of drug-likeness (QED) is 0.694. The van der Waals surface area contributed by atoms with Crippen LogP contribution < -0.4 is 0 Å². The van der Waals surface area contributed by atoms with Crippen LogP contribution in [0.15, 0.2) is 5.16 Å². The van der Waals surface area contributed by atoms with Gasteiger partial charge in [0.05, 0.1) is 0 Å². The molecule has 2 heterocycles. The average molecular weight is 375 g/mol. The maximum absolute atomic E-state index is 4.86. The fourth-order valence-corrected chi connectivity index (χ4v) is 7.62. The number of rotatable bonds is 6. The molecule has 0 spiro atoms. The van der Waals surface area contributed by atoms with Gasteiger partial charge in [-0.2, -0.15) is 0 Å². The Hall–Kier alpha value is -0.550. The molecule has 4 aliphatic carbocycles. The summed E-state index contributed by atoms with van der Waals surface area (Å²) in [5, 5.41) is 10.7. The highest BCUT2D eigenvalue weighted by atomic mass is 32.2. The van der Waals surface area contributed by atoms with Gasteiger partial charge in [0.25, 0.3) is 0 Å². The van der Waals surface area contributed by atoms with Gasteiger partial charge in [-0.25, -0.2) is 0 Å². The van der Waals surface area contributed by atoms with Gasteiger partial charge in [0, 0.05) is 18.5 Å². The second-order valence-corrected chi connectivity index (χ2v) is 10.7. The zero-order valence-corrected chi connectivity index (χ0v) is 17.1. The number of aromatic nitrogens is 3. The van der Waals surface area contributed by atoms with E-state index in [1.807, 2.05) is 11.8 Å². The summed E-state index contributed by atoms with van der Waals surface area (Å²) in [7, 11) is 0. The summed E-state index contributed by atoms with van der Waals surface area (Å²) in [4.78, 5) is 2.66. The van der Waals surface area contributed by atoms with Gasteiger partial charge < -0.3 is 9.47 Å². The minimum absolute atomic E-state index is 0.357. The first-order valence-electron chi connectivity index (χ1n) is 11.0. The molecule has 4 saturated carbocycles. The number of thioether (sulfide) groups is 1. The molecular formula is C21H34N4S. The van der Waals surface area contributed by atoms with Crippen LogP contribution in [0.5, 0.6) is 0 Å². The van der Waals surface area contributed by atoms with E-state index in [2.05, 4.69) is 21.5 Å². The molecule has 0 N–H and O–H groups in total. The number of likely N-dealkylation sites (tertiary alicyclic amines) is 1. The topological polar surface area (TPSA) is 34.0 Å². The average Bonchev–Trinajstić information content (AvgIpc) is 3.04. The molecule has 1 aromatic heterocycles. The fourth-order valence-electron chi connectivity index (χ4n) is 6.93. The summed E-state index contributed by atoms with van der Waals surface area (Å²) in [5.74, 6) is 5.36. The molecule has 0 radical (unpaired) electrons. The maximum atomic E-state index is 4.86. The molecule has 4 nitrogen and oxygen atoms in total. The molecule has 0 aromatic carbocycles. The summed E-state index contributed by atoms with van der Waals surface area (Å²) < 4.78 is 2.55. The Balaban J connectivity index is 1.41. The monoisotopic (exact) mass is 374 g/mol. The summed E-state index contributed by atoms with van der Waals surface area (Å²) in [5.41, 5.74) is 0.357. The molecule has 1 aromatic rings. The third-order valence-electron chi connectivity index (χ3n) is 7.59. The van der Waals surface area contributed by atoms with Crippen LogP contribution in [0.3, 0.4) is 0 Å². The second kappa shape index (κ2) is 7.12. The molecule has 1 aliphatic heterocycles. The SMILES string of the molecule is CCSc1nnc(C23CC4CC(CC(C4)C2)C3)n1CCN1CCCCC1. The molecule has 5 aliphatic rings. The number of hydrogen-bond donors (Lipinski definition) is 0. The maximum Gasteiger partial charge on any atom is 0.191 e. The van der Waals surface area contributed by atoms with E-state index in [0.717, 1.165) is 30.1 Å². The van der Waals surface area contributed by atoms with Crippen molar-refractivity contribution in [1.82, 2.24) is 19.7 Å². The lowest BCUT2D eigenvalue weighted by Gasteiger charge is -2.56. The van der Waals surface area contributed by atoms with Gasteiger partial charge in [0.1, 0.15) is 5.82 Å². The molecule has 0 unspecified atom stereocenters. The van der Waals surface area contributed by atoms with Crippen LogP contribution >= 0.6 is 11.8 Å². The van der Waals surface area contributed by atoms with Crippen molar-refractivity contribution >= 4 is 11.8 Å². The van der Waals surface area contributed by atoms with Crippen molar-refractivity contribution in [3.8, 4) is 0 Å². The predicted octanol–water partition coefficient (Wildman–Crippen LogP) is 4.34. The molecule has 0 atom stereocenters. The molecule has 5 fully saturated rings. The van der Waals surface area contributed by atoms with Crippen molar-refractivity contribution in [3.63, 3.8) is 0 Å². The largest absolute Gasteiger partial charge is 0.304 e. The van der Waals surface area contributed by atoms with E-state index in [1.54, 1.807) is 0 Å². The first-order chi connectivity index (χ1) is 12.8. The highest BCUT2D eigenvalue weighted by Crippen LogP contribution is 2.60. The van der Waals surface area contributed by atoms with Crippen LogP contribution in [0.4, 0.5) is 0 Å². The van der Waals surface area contributed by atoms with Gasteiger partial charge in [-0.3, -0.25) is 0 Å². The first kappa shape index (κ1) is 17.5. The first-order valence-corrected chi connectivity index (χ1v) is 12.0. The summed E-state index contributed by atoms with van der Waals surface area (Å²) in [6.45, 7) is 7.07. The summed E-state index contributed by atoms with van der Waals surface area (Å²) in [6.07, 6.45) is 12.8. The molecule has 4 bridgehead atoms. The minimum atomic E-state index is 0.357. The molecule has 1 saturated heterocycles. The zero-order valence-electron chi connectivity index (χ0n) is 16.3. The van der Waals surface area contributed by atoms with Crippen LogP contribution in [0.1, 0.15) is 70.5 Å². The normalized spacial score (nSPS) is 36.7. The lowest BCUT2D eigenvalue weighted by Crippen LogP contribution is -2.50. The van der Waals surface area contributed by atoms with Crippen molar-refractivity contribution in [1.29, 1.82) is 0 Å². The lowest BCUT2D eigenvalue weighted by atomic mass is 9.49. The van der Waals surface area contributed by atoms with Crippen LogP contribution in [-0.4, -0.2) is 45.1 Å². The van der Waals surface area contributed by atoms with Crippen LogP contribution in [0, 0.1) is 17.8 Å². The van der Waals surface area contributed by atoms with Crippen molar-refractivity contribution in [2.75, 3.05) is 25.4 Å². The van der Waals surface area contributed by atoms with Gasteiger partial charge in [-0.15, -0.1) is 10.2 Å². The van der Waals surface area contributed by atoms with E-state index in [9.17, 15) is 0 Å². The van der Waals surface area contributed by atoms with Crippen molar-refractivity contribution < 1.29 is 0 Å². The minimum Gasteiger partial charge on any atom is -0.304 e. The summed E-state index contributed by atoms with van der Waals surface area (Å²) in [6, 6.07) is 0. The van der Waals surface area contributed by atoms with Crippen LogP contribution in [-0.2, 0) is 12.0 Å². The molecular weight excluding hydrogens is 340 g/mol. The van der Waals surface area contributed by atoms with E-state index in [4.69, 9.17) is 5.10 Å².